The molecular weight excluding hydrogens is 340 g/mol. The van der Waals surface area contributed by atoms with Gasteiger partial charge in [0.2, 0.25) is 0 Å². The highest BCUT2D eigenvalue weighted by Crippen LogP contribution is 2.21. The van der Waals surface area contributed by atoms with Gasteiger partial charge >= 0.3 is 0 Å². The van der Waals surface area contributed by atoms with Crippen molar-refractivity contribution in [1.82, 2.24) is 10.3 Å². The Bertz CT molecular complexity index is 1160. The Morgan fingerprint density at radius 2 is 1.81 bits per heavy atom. The number of furan rings is 1. The highest BCUT2D eigenvalue weighted by Gasteiger charge is 2.16. The average molecular weight is 358 g/mol. The second-order valence-corrected chi connectivity index (χ2v) is 6.39. The van der Waals surface area contributed by atoms with Crippen LogP contribution in [-0.2, 0) is 0 Å². The number of amides is 1. The van der Waals surface area contributed by atoms with Crippen LogP contribution in [0, 0.1) is 0 Å². The van der Waals surface area contributed by atoms with Crippen molar-refractivity contribution in [3.05, 3.63) is 94.5 Å². The Hall–Kier alpha value is -3.60. The molecule has 4 rings (SSSR count). The summed E-state index contributed by atoms with van der Waals surface area (Å²) >= 11 is 0. The summed E-state index contributed by atoms with van der Waals surface area (Å²) in [5.74, 6) is 0.131. The Morgan fingerprint density at radius 3 is 2.56 bits per heavy atom. The molecule has 2 aromatic carbocycles. The van der Waals surface area contributed by atoms with Crippen molar-refractivity contribution < 1.29 is 9.21 Å². The van der Waals surface area contributed by atoms with Crippen LogP contribution in [0.3, 0.4) is 0 Å². The number of rotatable bonds is 4. The zero-order valence-electron chi connectivity index (χ0n) is 14.7. The van der Waals surface area contributed by atoms with Gasteiger partial charge in [0.05, 0.1) is 18.0 Å². The first kappa shape index (κ1) is 16.8. The molecule has 5 nitrogen and oxygen atoms in total. The summed E-state index contributed by atoms with van der Waals surface area (Å²) in [6, 6.07) is 20.5. The van der Waals surface area contributed by atoms with Gasteiger partial charge in [-0.3, -0.25) is 9.59 Å². The number of aromatic nitrogens is 1. The third kappa shape index (κ3) is 3.40. The summed E-state index contributed by atoms with van der Waals surface area (Å²) in [7, 11) is 0. The lowest BCUT2D eigenvalue weighted by Crippen LogP contribution is -2.31. The molecule has 5 heteroatoms. The third-order valence-corrected chi connectivity index (χ3v) is 4.56. The van der Waals surface area contributed by atoms with Gasteiger partial charge in [-0.05, 0) is 53.6 Å². The molecule has 1 atom stereocenters. The fraction of sp³-hybridized carbons (Fsp3) is 0.0909. The van der Waals surface area contributed by atoms with Gasteiger partial charge in [-0.15, -0.1) is 0 Å². The fourth-order valence-electron chi connectivity index (χ4n) is 3.06. The number of hydrogen-bond donors (Lipinski definition) is 2. The molecule has 4 aromatic rings. The Morgan fingerprint density at radius 1 is 1.00 bits per heavy atom. The van der Waals surface area contributed by atoms with E-state index in [9.17, 15) is 9.59 Å². The quantitative estimate of drug-likeness (QED) is 0.572. The molecule has 0 fully saturated rings. The van der Waals surface area contributed by atoms with E-state index in [0.29, 0.717) is 11.5 Å². The zero-order valence-corrected chi connectivity index (χ0v) is 14.7. The van der Waals surface area contributed by atoms with Crippen molar-refractivity contribution in [3.8, 4) is 11.5 Å². The van der Waals surface area contributed by atoms with Crippen molar-refractivity contribution >= 4 is 16.7 Å². The number of nitrogens with one attached hydrogen (secondary N) is 2. The number of pyridine rings is 1. The van der Waals surface area contributed by atoms with E-state index in [1.54, 1.807) is 18.2 Å². The summed E-state index contributed by atoms with van der Waals surface area (Å²) in [5.41, 5.74) is 1.12. The van der Waals surface area contributed by atoms with E-state index < -0.39 is 11.5 Å². The van der Waals surface area contributed by atoms with E-state index in [-0.39, 0.29) is 11.6 Å². The molecule has 0 aliphatic rings. The molecular formula is C22H18N2O3. The fourth-order valence-corrected chi connectivity index (χ4v) is 3.06. The van der Waals surface area contributed by atoms with Crippen LogP contribution in [0.2, 0.25) is 0 Å². The van der Waals surface area contributed by atoms with E-state index in [0.717, 1.165) is 16.3 Å². The zero-order chi connectivity index (χ0) is 18.8. The first-order chi connectivity index (χ1) is 13.1. The van der Waals surface area contributed by atoms with Crippen molar-refractivity contribution in [3.63, 3.8) is 0 Å². The summed E-state index contributed by atoms with van der Waals surface area (Å²) in [5, 5.41) is 5.14. The van der Waals surface area contributed by atoms with Crippen molar-refractivity contribution in [2.75, 3.05) is 0 Å². The van der Waals surface area contributed by atoms with Gasteiger partial charge in [-0.1, -0.05) is 36.4 Å². The highest BCUT2D eigenvalue weighted by atomic mass is 16.3. The summed E-state index contributed by atoms with van der Waals surface area (Å²) < 4.78 is 5.26. The minimum Gasteiger partial charge on any atom is -0.463 e. The molecule has 2 heterocycles. The Balaban J connectivity index is 1.55. The van der Waals surface area contributed by atoms with Gasteiger partial charge in [-0.2, -0.15) is 0 Å². The lowest BCUT2D eigenvalue weighted by molar-refractivity contribution is 0.0938. The largest absolute Gasteiger partial charge is 0.463 e. The lowest BCUT2D eigenvalue weighted by atomic mass is 10.0. The first-order valence-corrected chi connectivity index (χ1v) is 8.68. The maximum Gasteiger partial charge on any atom is 0.261 e. The molecule has 0 aliphatic carbocycles. The van der Waals surface area contributed by atoms with Gasteiger partial charge in [0.15, 0.2) is 0 Å². The second-order valence-electron chi connectivity index (χ2n) is 6.39. The lowest BCUT2D eigenvalue weighted by Gasteiger charge is -2.15. The average Bonchev–Trinajstić information content (AvgIpc) is 3.22. The Kier molecular flexibility index (Phi) is 4.34. The summed E-state index contributed by atoms with van der Waals surface area (Å²) in [6.07, 6.45) is 1.53. The van der Waals surface area contributed by atoms with Gasteiger partial charge in [0.1, 0.15) is 11.3 Å². The molecule has 2 N–H and O–H groups in total. The minimum absolute atomic E-state index is 0.0675. The normalized spacial score (nSPS) is 12.0. The molecule has 134 valence electrons. The van der Waals surface area contributed by atoms with E-state index in [1.165, 1.54) is 12.3 Å². The van der Waals surface area contributed by atoms with E-state index in [4.69, 9.17) is 4.42 Å². The van der Waals surface area contributed by atoms with Crippen LogP contribution in [-0.4, -0.2) is 10.9 Å². The predicted molar refractivity (Wildman–Crippen MR) is 105 cm³/mol. The molecule has 0 saturated carbocycles. The van der Waals surface area contributed by atoms with Crippen molar-refractivity contribution in [2.45, 2.75) is 13.0 Å². The van der Waals surface area contributed by atoms with Gasteiger partial charge in [0, 0.05) is 0 Å². The molecule has 2 aromatic heterocycles. The monoisotopic (exact) mass is 358 g/mol. The third-order valence-electron chi connectivity index (χ3n) is 4.56. The topological polar surface area (TPSA) is 75.1 Å². The summed E-state index contributed by atoms with van der Waals surface area (Å²) in [4.78, 5) is 27.6. The molecule has 0 spiro atoms. The molecule has 0 radical (unpaired) electrons. The Labute approximate surface area is 155 Å². The molecule has 0 aliphatic heterocycles. The van der Waals surface area contributed by atoms with Crippen LogP contribution in [0.5, 0.6) is 0 Å². The number of carbonyl (C=O) groups is 1. The highest BCUT2D eigenvalue weighted by molar-refractivity contribution is 5.94. The molecule has 0 saturated heterocycles. The molecule has 1 unspecified atom stereocenters. The number of fused-ring (bicyclic) bond motifs is 1. The van der Waals surface area contributed by atoms with E-state index in [1.807, 2.05) is 49.4 Å². The van der Waals surface area contributed by atoms with Crippen LogP contribution < -0.4 is 10.9 Å². The van der Waals surface area contributed by atoms with Gasteiger partial charge < -0.3 is 14.7 Å². The van der Waals surface area contributed by atoms with Crippen LogP contribution in [0.1, 0.15) is 28.9 Å². The molecule has 0 bridgehead atoms. The standard InChI is InChI=1S/C22H18N2O3/c1-14(16-9-8-15-5-2-3-6-17(15)13-16)23-21(25)18-10-11-19(24-22(18)26)20-7-4-12-27-20/h2-14H,1H3,(H,23,25)(H,24,26). The number of aromatic amines is 1. The van der Waals surface area contributed by atoms with Crippen molar-refractivity contribution in [1.29, 1.82) is 0 Å². The molecule has 1 amide bonds. The second kappa shape index (κ2) is 6.96. The van der Waals surface area contributed by atoms with Crippen LogP contribution in [0.25, 0.3) is 22.2 Å². The van der Waals surface area contributed by atoms with E-state index >= 15 is 0 Å². The van der Waals surface area contributed by atoms with Gasteiger partial charge in [0.25, 0.3) is 11.5 Å². The smallest absolute Gasteiger partial charge is 0.261 e. The van der Waals surface area contributed by atoms with Crippen LogP contribution >= 0.6 is 0 Å². The number of benzene rings is 2. The minimum atomic E-state index is -0.452. The summed E-state index contributed by atoms with van der Waals surface area (Å²) in [6.45, 7) is 1.90. The number of H-pyrrole nitrogens is 1. The number of hydrogen-bond acceptors (Lipinski definition) is 3. The van der Waals surface area contributed by atoms with Crippen LogP contribution in [0.4, 0.5) is 0 Å². The van der Waals surface area contributed by atoms with Crippen molar-refractivity contribution in [2.24, 2.45) is 0 Å². The van der Waals surface area contributed by atoms with E-state index in [2.05, 4.69) is 10.3 Å². The maximum atomic E-state index is 12.6. The molecule has 27 heavy (non-hydrogen) atoms. The SMILES string of the molecule is CC(NC(=O)c1ccc(-c2ccco2)[nH]c1=O)c1ccc2ccccc2c1. The first-order valence-electron chi connectivity index (χ1n) is 8.68. The maximum absolute atomic E-state index is 12.6. The predicted octanol–water partition coefficient (Wildman–Crippen LogP) is 4.28. The number of carbonyl (C=O) groups excluding carboxylic acids is 1. The van der Waals surface area contributed by atoms with Gasteiger partial charge in [-0.25, -0.2) is 0 Å². The van der Waals surface area contributed by atoms with Crippen LogP contribution in [0.15, 0.2) is 82.2 Å².